The fourth-order valence-electron chi connectivity index (χ4n) is 1.88. The Labute approximate surface area is 152 Å². The number of alkyl halides is 3. The molecule has 5 nitrogen and oxygen atoms in total. The Morgan fingerprint density at radius 2 is 1.69 bits per heavy atom. The van der Waals surface area contributed by atoms with Crippen LogP contribution < -0.4 is 15.4 Å². The van der Waals surface area contributed by atoms with E-state index in [2.05, 4.69) is 5.32 Å². The molecule has 0 radical (unpaired) electrons. The lowest BCUT2D eigenvalue weighted by molar-refractivity contribution is -0.139. The van der Waals surface area contributed by atoms with Gasteiger partial charge in [0.25, 0.3) is 11.8 Å². The van der Waals surface area contributed by atoms with Gasteiger partial charge >= 0.3 is 6.18 Å². The van der Waals surface area contributed by atoms with Crippen LogP contribution >= 0.6 is 11.6 Å². The van der Waals surface area contributed by atoms with Crippen LogP contribution in [0.2, 0.25) is 5.02 Å². The maximum Gasteiger partial charge on any atom is 0.405 e. The number of ether oxygens (including phenoxy) is 1. The highest BCUT2D eigenvalue weighted by Gasteiger charge is 2.27. The SMILES string of the molecule is O=C(COc1ccc(NC(=O)c2ccccc2Cl)cc1)NCC(F)(F)F. The topological polar surface area (TPSA) is 67.4 Å². The van der Waals surface area contributed by atoms with Gasteiger partial charge in [0, 0.05) is 5.69 Å². The number of benzene rings is 2. The summed E-state index contributed by atoms with van der Waals surface area (Å²) in [7, 11) is 0. The van der Waals surface area contributed by atoms with Crippen molar-refractivity contribution < 1.29 is 27.5 Å². The van der Waals surface area contributed by atoms with Crippen LogP contribution in [0, 0.1) is 0 Å². The Hall–Kier alpha value is -2.74. The molecule has 2 aromatic rings. The molecule has 138 valence electrons. The van der Waals surface area contributed by atoms with Gasteiger partial charge in [-0.3, -0.25) is 9.59 Å². The maximum atomic E-state index is 12.1. The number of anilines is 1. The van der Waals surface area contributed by atoms with Crippen LogP contribution in [-0.2, 0) is 4.79 Å². The van der Waals surface area contributed by atoms with E-state index in [4.69, 9.17) is 16.3 Å². The lowest BCUT2D eigenvalue weighted by atomic mass is 10.2. The van der Waals surface area contributed by atoms with Gasteiger partial charge in [0.15, 0.2) is 6.61 Å². The predicted molar refractivity (Wildman–Crippen MR) is 90.4 cm³/mol. The normalized spacial score (nSPS) is 10.9. The van der Waals surface area contributed by atoms with Crippen LogP contribution in [-0.4, -0.2) is 31.1 Å². The molecule has 0 atom stereocenters. The minimum Gasteiger partial charge on any atom is -0.484 e. The van der Waals surface area contributed by atoms with Crippen LogP contribution in [0.15, 0.2) is 48.5 Å². The van der Waals surface area contributed by atoms with Gasteiger partial charge in [-0.05, 0) is 36.4 Å². The third kappa shape index (κ3) is 6.29. The Balaban J connectivity index is 1.85. The molecule has 9 heteroatoms. The molecule has 2 N–H and O–H groups in total. The van der Waals surface area contributed by atoms with Crippen molar-refractivity contribution in [1.82, 2.24) is 5.32 Å². The number of nitrogens with one attached hydrogen (secondary N) is 2. The van der Waals surface area contributed by atoms with E-state index < -0.39 is 31.1 Å². The average molecular weight is 387 g/mol. The zero-order chi connectivity index (χ0) is 19.2. The Bertz CT molecular complexity index is 780. The van der Waals surface area contributed by atoms with Gasteiger partial charge in [-0.2, -0.15) is 13.2 Å². The number of amides is 2. The molecule has 0 saturated carbocycles. The third-order valence-electron chi connectivity index (χ3n) is 3.09. The molecule has 0 fully saturated rings. The summed E-state index contributed by atoms with van der Waals surface area (Å²) in [6.07, 6.45) is -4.48. The van der Waals surface area contributed by atoms with Gasteiger partial charge in [-0.15, -0.1) is 0 Å². The first-order chi connectivity index (χ1) is 12.2. The first kappa shape index (κ1) is 19.6. The predicted octanol–water partition coefficient (Wildman–Crippen LogP) is 3.65. The summed E-state index contributed by atoms with van der Waals surface area (Å²) in [6.45, 7) is -1.97. The van der Waals surface area contributed by atoms with Crippen molar-refractivity contribution in [2.45, 2.75) is 6.18 Å². The van der Waals surface area contributed by atoms with E-state index in [1.807, 2.05) is 0 Å². The minimum atomic E-state index is -4.48. The quantitative estimate of drug-likeness (QED) is 0.796. The van der Waals surface area contributed by atoms with Crippen LogP contribution in [0.3, 0.4) is 0 Å². The summed E-state index contributed by atoms with van der Waals surface area (Å²) in [5, 5.41) is 4.65. The molecule has 0 aliphatic rings. The zero-order valence-corrected chi connectivity index (χ0v) is 14.0. The summed E-state index contributed by atoms with van der Waals surface area (Å²) >= 11 is 5.95. The van der Waals surface area contributed by atoms with Crippen molar-refractivity contribution in [3.8, 4) is 5.75 Å². The van der Waals surface area contributed by atoms with Crippen molar-refractivity contribution in [2.75, 3.05) is 18.5 Å². The third-order valence-corrected chi connectivity index (χ3v) is 3.42. The van der Waals surface area contributed by atoms with E-state index in [9.17, 15) is 22.8 Å². The summed E-state index contributed by atoms with van der Waals surface area (Å²) in [6, 6.07) is 12.6. The monoisotopic (exact) mass is 386 g/mol. The highest BCUT2D eigenvalue weighted by Crippen LogP contribution is 2.19. The smallest absolute Gasteiger partial charge is 0.405 e. The number of hydrogen-bond donors (Lipinski definition) is 2. The number of carbonyl (C=O) groups excluding carboxylic acids is 2. The van der Waals surface area contributed by atoms with E-state index >= 15 is 0 Å². The fraction of sp³-hybridized carbons (Fsp3) is 0.176. The lowest BCUT2D eigenvalue weighted by Gasteiger charge is -2.10. The van der Waals surface area contributed by atoms with E-state index in [0.29, 0.717) is 16.3 Å². The minimum absolute atomic E-state index is 0.267. The first-order valence-electron chi connectivity index (χ1n) is 7.37. The second-order valence-corrected chi connectivity index (χ2v) is 5.55. The molecule has 0 saturated heterocycles. The second-order valence-electron chi connectivity index (χ2n) is 5.14. The fourth-order valence-corrected chi connectivity index (χ4v) is 2.10. The molecule has 0 aliphatic heterocycles. The number of carbonyl (C=O) groups is 2. The molecule has 0 spiro atoms. The van der Waals surface area contributed by atoms with Gasteiger partial charge in [-0.25, -0.2) is 0 Å². The molecule has 0 aromatic heterocycles. The van der Waals surface area contributed by atoms with E-state index in [-0.39, 0.29) is 5.75 Å². The van der Waals surface area contributed by atoms with Crippen molar-refractivity contribution in [1.29, 1.82) is 0 Å². The Morgan fingerprint density at radius 3 is 2.31 bits per heavy atom. The molecule has 2 aromatic carbocycles. The van der Waals surface area contributed by atoms with Crippen LogP contribution in [0.25, 0.3) is 0 Å². The Morgan fingerprint density at radius 1 is 1.04 bits per heavy atom. The molecule has 2 rings (SSSR count). The average Bonchev–Trinajstić information content (AvgIpc) is 2.59. The van der Waals surface area contributed by atoms with Crippen molar-refractivity contribution in [3.63, 3.8) is 0 Å². The van der Waals surface area contributed by atoms with Crippen LogP contribution in [0.4, 0.5) is 18.9 Å². The summed E-state index contributed by atoms with van der Waals surface area (Å²) in [5.41, 5.74) is 0.777. The lowest BCUT2D eigenvalue weighted by Crippen LogP contribution is -2.36. The number of hydrogen-bond acceptors (Lipinski definition) is 3. The highest BCUT2D eigenvalue weighted by atomic mass is 35.5. The molecular formula is C17H14ClF3N2O3. The van der Waals surface area contributed by atoms with Gasteiger partial charge in [-0.1, -0.05) is 23.7 Å². The van der Waals surface area contributed by atoms with Crippen LogP contribution in [0.5, 0.6) is 5.75 Å². The molecule has 0 aliphatic carbocycles. The van der Waals surface area contributed by atoms with Crippen molar-refractivity contribution in [3.05, 3.63) is 59.1 Å². The molecule has 2 amide bonds. The number of halogens is 4. The van der Waals surface area contributed by atoms with Crippen LogP contribution in [0.1, 0.15) is 10.4 Å². The van der Waals surface area contributed by atoms with Gasteiger partial charge < -0.3 is 15.4 Å². The molecule has 0 heterocycles. The number of rotatable bonds is 6. The molecule has 0 bridgehead atoms. The summed E-state index contributed by atoms with van der Waals surface area (Å²) in [5.74, 6) is -1.02. The zero-order valence-electron chi connectivity index (χ0n) is 13.3. The molecule has 0 unspecified atom stereocenters. The van der Waals surface area contributed by atoms with Gasteiger partial charge in [0.2, 0.25) is 0 Å². The Kier molecular flexibility index (Phi) is 6.46. The van der Waals surface area contributed by atoms with E-state index in [1.54, 1.807) is 29.6 Å². The van der Waals surface area contributed by atoms with Gasteiger partial charge in [0.1, 0.15) is 12.3 Å². The second kappa shape index (κ2) is 8.57. The maximum absolute atomic E-state index is 12.1. The largest absolute Gasteiger partial charge is 0.484 e. The van der Waals surface area contributed by atoms with E-state index in [1.165, 1.54) is 24.3 Å². The van der Waals surface area contributed by atoms with E-state index in [0.717, 1.165) is 0 Å². The van der Waals surface area contributed by atoms with Crippen molar-refractivity contribution in [2.24, 2.45) is 0 Å². The summed E-state index contributed by atoms with van der Waals surface area (Å²) < 4.78 is 41.0. The van der Waals surface area contributed by atoms with Gasteiger partial charge in [0.05, 0.1) is 10.6 Å². The summed E-state index contributed by atoms with van der Waals surface area (Å²) in [4.78, 5) is 23.4. The standard InChI is InChI=1S/C17H14ClF3N2O3/c18-14-4-2-1-3-13(14)16(25)23-11-5-7-12(8-6-11)26-9-15(24)22-10-17(19,20)21/h1-8H,9-10H2,(H,22,24)(H,23,25). The van der Waals surface area contributed by atoms with Crippen molar-refractivity contribution >= 4 is 29.1 Å². The molecule has 26 heavy (non-hydrogen) atoms. The highest BCUT2D eigenvalue weighted by molar-refractivity contribution is 6.34. The first-order valence-corrected chi connectivity index (χ1v) is 7.74. The molecular weight excluding hydrogens is 373 g/mol.